The summed E-state index contributed by atoms with van der Waals surface area (Å²) in [7, 11) is 0. The third kappa shape index (κ3) is 5.29. The van der Waals surface area contributed by atoms with Crippen molar-refractivity contribution in [3.63, 3.8) is 0 Å². The second-order valence-electron chi connectivity index (χ2n) is 9.13. The first kappa shape index (κ1) is 22.3. The van der Waals surface area contributed by atoms with Crippen LogP contribution < -0.4 is 0 Å². The van der Waals surface area contributed by atoms with Gasteiger partial charge in [0, 0.05) is 5.39 Å². The molecule has 1 aliphatic carbocycles. The Hall–Kier alpha value is -1.93. The van der Waals surface area contributed by atoms with Gasteiger partial charge in [0.1, 0.15) is 11.6 Å². The predicted octanol–water partition coefficient (Wildman–Crippen LogP) is 9.02. The lowest BCUT2D eigenvalue weighted by atomic mass is 9.77. The Balaban J connectivity index is 1.45. The van der Waals surface area contributed by atoms with Crippen molar-refractivity contribution in [3.8, 4) is 0 Å². The maximum atomic E-state index is 15.2. The van der Waals surface area contributed by atoms with Gasteiger partial charge in [-0.1, -0.05) is 74.2 Å². The lowest BCUT2D eigenvalue weighted by Gasteiger charge is -2.29. The number of hydrogen-bond donors (Lipinski definition) is 0. The first-order valence-corrected chi connectivity index (χ1v) is 12.1. The third-order valence-electron chi connectivity index (χ3n) is 7.01. The highest BCUT2D eigenvalue weighted by Crippen LogP contribution is 2.38. The molecule has 0 N–H and O–H groups in total. The molecule has 0 aliphatic heterocycles. The number of unbranched alkanes of at least 4 members (excludes halogenated alkanes) is 1. The van der Waals surface area contributed by atoms with Crippen molar-refractivity contribution < 1.29 is 8.78 Å². The highest BCUT2D eigenvalue weighted by atomic mass is 35.5. The summed E-state index contributed by atoms with van der Waals surface area (Å²) in [5.41, 5.74) is 2.85. The largest absolute Gasteiger partial charge is 0.206 e. The van der Waals surface area contributed by atoms with Gasteiger partial charge >= 0.3 is 0 Å². The summed E-state index contributed by atoms with van der Waals surface area (Å²) in [5.74, 6) is 0.919. The first-order chi connectivity index (χ1) is 15.0. The number of aryl methyl sites for hydroxylation is 2. The zero-order valence-corrected chi connectivity index (χ0v) is 19.0. The van der Waals surface area contributed by atoms with Gasteiger partial charge in [0.25, 0.3) is 0 Å². The van der Waals surface area contributed by atoms with Crippen LogP contribution in [0.25, 0.3) is 10.8 Å². The lowest BCUT2D eigenvalue weighted by molar-refractivity contribution is 0.304. The van der Waals surface area contributed by atoms with Gasteiger partial charge in [0.15, 0.2) is 0 Å². The van der Waals surface area contributed by atoms with Gasteiger partial charge in [0.2, 0.25) is 0 Å². The van der Waals surface area contributed by atoms with Crippen LogP contribution in [0.1, 0.15) is 74.5 Å². The smallest absolute Gasteiger partial charge is 0.142 e. The fraction of sp³-hybridized carbons (Fsp3) is 0.429. The number of fused-ring (bicyclic) bond motifs is 1. The minimum atomic E-state index is -0.426. The minimum absolute atomic E-state index is 0.117. The van der Waals surface area contributed by atoms with Gasteiger partial charge in [-0.2, -0.15) is 0 Å². The lowest BCUT2D eigenvalue weighted by Crippen LogP contribution is -2.13. The molecule has 1 fully saturated rings. The maximum absolute atomic E-state index is 15.2. The van der Waals surface area contributed by atoms with Crippen molar-refractivity contribution in [1.82, 2.24) is 0 Å². The van der Waals surface area contributed by atoms with Crippen LogP contribution in [0.15, 0.2) is 48.5 Å². The van der Waals surface area contributed by atoms with E-state index in [0.29, 0.717) is 29.7 Å². The molecule has 0 heterocycles. The number of rotatable bonds is 7. The van der Waals surface area contributed by atoms with Crippen molar-refractivity contribution in [1.29, 1.82) is 0 Å². The van der Waals surface area contributed by atoms with Crippen LogP contribution in [0.5, 0.6) is 0 Å². The Morgan fingerprint density at radius 2 is 1.71 bits per heavy atom. The summed E-state index contributed by atoms with van der Waals surface area (Å²) in [6.45, 7) is 2.27. The molecule has 0 amide bonds. The summed E-state index contributed by atoms with van der Waals surface area (Å²) in [5, 5.41) is 1.77. The van der Waals surface area contributed by atoms with Gasteiger partial charge in [-0.05, 0) is 84.6 Å². The van der Waals surface area contributed by atoms with Crippen molar-refractivity contribution in [3.05, 3.63) is 81.9 Å². The van der Waals surface area contributed by atoms with Gasteiger partial charge in [-0.15, -0.1) is 0 Å². The predicted molar refractivity (Wildman–Crippen MR) is 127 cm³/mol. The van der Waals surface area contributed by atoms with E-state index in [1.54, 1.807) is 12.1 Å². The molecule has 0 bridgehead atoms. The molecule has 4 rings (SSSR count). The number of halogens is 3. The molecule has 0 spiro atoms. The van der Waals surface area contributed by atoms with E-state index in [1.807, 2.05) is 18.2 Å². The average Bonchev–Trinajstić information content (AvgIpc) is 2.79. The van der Waals surface area contributed by atoms with Crippen LogP contribution in [-0.4, -0.2) is 0 Å². The fourth-order valence-electron chi connectivity index (χ4n) is 5.05. The van der Waals surface area contributed by atoms with E-state index in [4.69, 9.17) is 11.6 Å². The Kier molecular flexibility index (Phi) is 7.27. The van der Waals surface area contributed by atoms with Crippen LogP contribution in [0.3, 0.4) is 0 Å². The Morgan fingerprint density at radius 1 is 0.903 bits per heavy atom. The molecule has 0 radical (unpaired) electrons. The molecule has 1 saturated carbocycles. The van der Waals surface area contributed by atoms with Gasteiger partial charge < -0.3 is 0 Å². The summed E-state index contributed by atoms with van der Waals surface area (Å²) < 4.78 is 28.8. The van der Waals surface area contributed by atoms with Crippen molar-refractivity contribution in [2.24, 2.45) is 5.92 Å². The van der Waals surface area contributed by atoms with Crippen LogP contribution in [0, 0.1) is 17.6 Å². The Morgan fingerprint density at radius 3 is 2.45 bits per heavy atom. The molecule has 3 heteroatoms. The van der Waals surface area contributed by atoms with Crippen molar-refractivity contribution >= 4 is 22.4 Å². The minimum Gasteiger partial charge on any atom is -0.206 e. The molecule has 0 saturated heterocycles. The van der Waals surface area contributed by atoms with Crippen LogP contribution in [0.2, 0.25) is 5.02 Å². The topological polar surface area (TPSA) is 0 Å². The zero-order valence-electron chi connectivity index (χ0n) is 18.3. The Bertz CT molecular complexity index is 1030. The maximum Gasteiger partial charge on any atom is 0.142 e. The summed E-state index contributed by atoms with van der Waals surface area (Å²) in [6, 6.07) is 15.0. The SMILES string of the molecule is CCCCC1CCC(c2ccc3c(F)c(CCc4ccc(Cl)c(F)c4)ccc3c2)CC1. The summed E-state index contributed by atoms with van der Waals surface area (Å²) in [6.07, 6.45) is 10.3. The molecule has 0 unspecified atom stereocenters. The summed E-state index contributed by atoms with van der Waals surface area (Å²) >= 11 is 5.75. The quantitative estimate of drug-likeness (QED) is 0.343. The molecular weight excluding hydrogens is 410 g/mol. The number of benzene rings is 3. The molecule has 31 heavy (non-hydrogen) atoms. The van der Waals surface area contributed by atoms with E-state index in [1.165, 1.54) is 56.6 Å². The molecule has 0 atom stereocenters. The van der Waals surface area contributed by atoms with Crippen molar-refractivity contribution in [2.45, 2.75) is 70.6 Å². The van der Waals surface area contributed by atoms with Gasteiger partial charge in [-0.25, -0.2) is 8.78 Å². The van der Waals surface area contributed by atoms with Crippen molar-refractivity contribution in [2.75, 3.05) is 0 Å². The van der Waals surface area contributed by atoms with E-state index in [0.717, 1.165) is 16.9 Å². The summed E-state index contributed by atoms with van der Waals surface area (Å²) in [4.78, 5) is 0. The van der Waals surface area contributed by atoms with Crippen LogP contribution in [0.4, 0.5) is 8.78 Å². The van der Waals surface area contributed by atoms with Crippen LogP contribution in [-0.2, 0) is 12.8 Å². The fourth-order valence-corrected chi connectivity index (χ4v) is 5.17. The highest BCUT2D eigenvalue weighted by molar-refractivity contribution is 6.30. The normalized spacial score (nSPS) is 19.1. The number of hydrogen-bond acceptors (Lipinski definition) is 0. The second kappa shape index (κ2) is 10.1. The molecule has 0 nitrogen and oxygen atoms in total. The van der Waals surface area contributed by atoms with Gasteiger partial charge in [-0.3, -0.25) is 0 Å². The zero-order chi connectivity index (χ0) is 21.8. The molecule has 164 valence electrons. The molecule has 3 aromatic carbocycles. The highest BCUT2D eigenvalue weighted by Gasteiger charge is 2.22. The molecule has 1 aliphatic rings. The Labute approximate surface area is 189 Å². The standard InChI is InChI=1S/C28H31ClF2/c1-2-3-4-19-5-9-21(10-6-19)23-14-15-25-24(18-23)13-12-22(28(25)31)11-7-20-8-16-26(29)27(30)17-20/h8,12-19,21H,2-7,9-11H2,1H3. The monoisotopic (exact) mass is 440 g/mol. The van der Waals surface area contributed by atoms with E-state index in [9.17, 15) is 4.39 Å². The average molecular weight is 441 g/mol. The van der Waals surface area contributed by atoms with E-state index >= 15 is 4.39 Å². The molecule has 0 aromatic heterocycles. The van der Waals surface area contributed by atoms with E-state index < -0.39 is 5.82 Å². The van der Waals surface area contributed by atoms with Gasteiger partial charge in [0.05, 0.1) is 5.02 Å². The van der Waals surface area contributed by atoms with Crippen LogP contribution >= 0.6 is 11.6 Å². The molecular formula is C28H31ClF2. The van der Waals surface area contributed by atoms with E-state index in [-0.39, 0.29) is 10.8 Å². The third-order valence-corrected chi connectivity index (χ3v) is 7.32. The first-order valence-electron chi connectivity index (χ1n) is 11.7. The second-order valence-corrected chi connectivity index (χ2v) is 9.53. The molecule has 3 aromatic rings. The van der Waals surface area contributed by atoms with E-state index in [2.05, 4.69) is 19.1 Å².